The van der Waals surface area contributed by atoms with Gasteiger partial charge in [0, 0.05) is 11.1 Å². The number of hydrogen-bond donors (Lipinski definition) is 1. The van der Waals surface area contributed by atoms with Gasteiger partial charge in [-0.2, -0.15) is 0 Å². The van der Waals surface area contributed by atoms with Gasteiger partial charge in [-0.3, -0.25) is 0 Å². The minimum Gasteiger partial charge on any atom is -0.495 e. The van der Waals surface area contributed by atoms with Gasteiger partial charge in [0.2, 0.25) is 0 Å². The largest absolute Gasteiger partial charge is 0.495 e. The summed E-state index contributed by atoms with van der Waals surface area (Å²) in [4.78, 5) is 11.9. The highest BCUT2D eigenvalue weighted by atomic mass is 79.9. The van der Waals surface area contributed by atoms with Gasteiger partial charge in [0.1, 0.15) is 17.9 Å². The van der Waals surface area contributed by atoms with Crippen molar-refractivity contribution in [3.63, 3.8) is 0 Å². The van der Waals surface area contributed by atoms with Crippen LogP contribution < -0.4 is 10.5 Å². The highest BCUT2D eigenvalue weighted by molar-refractivity contribution is 9.10. The summed E-state index contributed by atoms with van der Waals surface area (Å²) in [5.41, 5.74) is 6.37. The van der Waals surface area contributed by atoms with Crippen LogP contribution in [0.15, 0.2) is 16.6 Å². The van der Waals surface area contributed by atoms with Gasteiger partial charge in [-0.1, -0.05) is 0 Å². The number of hydrogen-bond acceptors (Lipinski definition) is 5. The first-order valence-corrected chi connectivity index (χ1v) is 6.28. The number of carbonyl (C=O) groups excluding carboxylic acids is 1. The van der Waals surface area contributed by atoms with Crippen LogP contribution in [0.5, 0.6) is 5.75 Å². The minimum absolute atomic E-state index is 0.190. The molecule has 0 atom stereocenters. The molecule has 6 heteroatoms. The van der Waals surface area contributed by atoms with Gasteiger partial charge in [0.15, 0.2) is 0 Å². The third-order valence-electron chi connectivity index (χ3n) is 2.24. The van der Waals surface area contributed by atoms with Gasteiger partial charge in [0.05, 0.1) is 19.4 Å². The Bertz CT molecular complexity index is 423. The van der Waals surface area contributed by atoms with Gasteiger partial charge >= 0.3 is 5.97 Å². The third kappa shape index (κ3) is 3.61. The maximum Gasteiger partial charge on any atom is 0.341 e. The Morgan fingerprint density at radius 2 is 2.11 bits per heavy atom. The van der Waals surface area contributed by atoms with Crippen LogP contribution in [0.25, 0.3) is 0 Å². The molecule has 0 saturated carbocycles. The van der Waals surface area contributed by atoms with Crippen LogP contribution in [0.4, 0.5) is 5.69 Å². The van der Waals surface area contributed by atoms with Crippen molar-refractivity contribution in [2.75, 3.05) is 32.7 Å². The molecule has 1 rings (SSSR count). The fourth-order valence-electron chi connectivity index (χ4n) is 1.37. The van der Waals surface area contributed by atoms with Crippen molar-refractivity contribution in [2.24, 2.45) is 0 Å². The van der Waals surface area contributed by atoms with Crippen LogP contribution in [0.1, 0.15) is 17.3 Å². The fraction of sp³-hybridized carbons (Fsp3) is 0.417. The van der Waals surface area contributed by atoms with E-state index in [-0.39, 0.29) is 17.9 Å². The molecule has 0 radical (unpaired) electrons. The van der Waals surface area contributed by atoms with E-state index in [2.05, 4.69) is 15.9 Å². The number of halogens is 1. The van der Waals surface area contributed by atoms with E-state index in [1.807, 2.05) is 6.92 Å². The molecule has 0 bridgehead atoms. The van der Waals surface area contributed by atoms with E-state index in [0.717, 1.165) is 0 Å². The number of anilines is 1. The molecule has 0 unspecified atom stereocenters. The summed E-state index contributed by atoms with van der Waals surface area (Å²) in [6.07, 6.45) is 0. The van der Waals surface area contributed by atoms with E-state index in [1.54, 1.807) is 12.1 Å². The Morgan fingerprint density at radius 3 is 2.72 bits per heavy atom. The van der Waals surface area contributed by atoms with Gasteiger partial charge in [0.25, 0.3) is 0 Å². The quantitative estimate of drug-likeness (QED) is 0.495. The van der Waals surface area contributed by atoms with E-state index >= 15 is 0 Å². The predicted molar refractivity (Wildman–Crippen MR) is 71.9 cm³/mol. The van der Waals surface area contributed by atoms with Crippen LogP contribution in [0.3, 0.4) is 0 Å². The van der Waals surface area contributed by atoms with Crippen molar-refractivity contribution in [1.29, 1.82) is 0 Å². The second-order valence-electron chi connectivity index (χ2n) is 3.37. The standard InChI is InChI=1S/C12H16BrNO4/c1-3-17-6-7-18-12(15)10-8(13)4-5-9(16-2)11(10)14/h4-5H,3,6-7,14H2,1-2H3. The summed E-state index contributed by atoms with van der Waals surface area (Å²) in [5, 5.41) is 0. The molecule has 0 heterocycles. The summed E-state index contributed by atoms with van der Waals surface area (Å²) in [5.74, 6) is -0.0621. The topological polar surface area (TPSA) is 70.8 Å². The number of rotatable bonds is 6. The van der Waals surface area contributed by atoms with Gasteiger partial charge < -0.3 is 19.9 Å². The number of benzene rings is 1. The second-order valence-corrected chi connectivity index (χ2v) is 4.23. The summed E-state index contributed by atoms with van der Waals surface area (Å²) in [6, 6.07) is 3.37. The lowest BCUT2D eigenvalue weighted by atomic mass is 10.1. The van der Waals surface area contributed by atoms with Crippen LogP contribution >= 0.6 is 15.9 Å². The molecule has 0 aliphatic carbocycles. The monoisotopic (exact) mass is 317 g/mol. The summed E-state index contributed by atoms with van der Waals surface area (Å²) in [7, 11) is 1.49. The summed E-state index contributed by atoms with van der Waals surface area (Å²) < 4.78 is 15.8. The summed E-state index contributed by atoms with van der Waals surface area (Å²) >= 11 is 3.27. The number of methoxy groups -OCH3 is 1. The first-order valence-electron chi connectivity index (χ1n) is 5.48. The second kappa shape index (κ2) is 7.23. The highest BCUT2D eigenvalue weighted by Crippen LogP contribution is 2.31. The lowest BCUT2D eigenvalue weighted by Crippen LogP contribution is -2.13. The van der Waals surface area contributed by atoms with Crippen molar-refractivity contribution >= 4 is 27.6 Å². The molecule has 2 N–H and O–H groups in total. The zero-order chi connectivity index (χ0) is 13.5. The van der Waals surface area contributed by atoms with Crippen molar-refractivity contribution in [3.05, 3.63) is 22.2 Å². The molecule has 1 aromatic carbocycles. The molecule has 0 aliphatic heterocycles. The third-order valence-corrected chi connectivity index (χ3v) is 2.90. The predicted octanol–water partition coefficient (Wildman–Crippen LogP) is 2.23. The molecule has 100 valence electrons. The average Bonchev–Trinajstić information content (AvgIpc) is 2.35. The Hall–Kier alpha value is -1.27. The number of nitrogen functional groups attached to an aromatic ring is 1. The lowest BCUT2D eigenvalue weighted by molar-refractivity contribution is 0.0335. The van der Waals surface area contributed by atoms with Crippen LogP contribution in [-0.4, -0.2) is 32.9 Å². The van der Waals surface area contributed by atoms with Crippen LogP contribution in [0.2, 0.25) is 0 Å². The molecule has 1 aromatic rings. The first-order chi connectivity index (χ1) is 8.61. The number of ether oxygens (including phenoxy) is 3. The van der Waals surface area contributed by atoms with E-state index in [9.17, 15) is 4.79 Å². The van der Waals surface area contributed by atoms with Crippen LogP contribution in [0, 0.1) is 0 Å². The molecule has 0 saturated heterocycles. The zero-order valence-corrected chi connectivity index (χ0v) is 12.0. The van der Waals surface area contributed by atoms with E-state index in [0.29, 0.717) is 23.4 Å². The normalized spacial score (nSPS) is 10.2. The molecule has 0 aromatic heterocycles. The highest BCUT2D eigenvalue weighted by Gasteiger charge is 2.18. The van der Waals surface area contributed by atoms with Crippen molar-refractivity contribution in [3.8, 4) is 5.75 Å². The van der Waals surface area contributed by atoms with Crippen molar-refractivity contribution in [1.82, 2.24) is 0 Å². The molecular weight excluding hydrogens is 302 g/mol. The lowest BCUT2D eigenvalue weighted by Gasteiger charge is -2.11. The Labute approximate surface area is 114 Å². The molecule has 0 aliphatic rings. The number of carbonyl (C=O) groups is 1. The van der Waals surface area contributed by atoms with Crippen LogP contribution in [-0.2, 0) is 9.47 Å². The SMILES string of the molecule is CCOCCOC(=O)c1c(Br)ccc(OC)c1N. The van der Waals surface area contributed by atoms with E-state index in [1.165, 1.54) is 7.11 Å². The Morgan fingerprint density at radius 1 is 1.39 bits per heavy atom. The zero-order valence-electron chi connectivity index (χ0n) is 10.4. The first kappa shape index (κ1) is 14.8. The van der Waals surface area contributed by atoms with Crippen molar-refractivity contribution < 1.29 is 19.0 Å². The van der Waals surface area contributed by atoms with E-state index in [4.69, 9.17) is 19.9 Å². The minimum atomic E-state index is -0.502. The molecule has 0 fully saturated rings. The Kier molecular flexibility index (Phi) is 5.94. The maximum absolute atomic E-state index is 11.9. The molecule has 0 spiro atoms. The molecular formula is C12H16BrNO4. The molecule has 0 amide bonds. The molecule has 5 nitrogen and oxygen atoms in total. The number of nitrogens with two attached hydrogens (primary N) is 1. The smallest absolute Gasteiger partial charge is 0.341 e. The van der Waals surface area contributed by atoms with Gasteiger partial charge in [-0.05, 0) is 35.0 Å². The molecule has 18 heavy (non-hydrogen) atoms. The Balaban J connectivity index is 2.78. The van der Waals surface area contributed by atoms with Gasteiger partial charge in [-0.15, -0.1) is 0 Å². The maximum atomic E-state index is 11.9. The van der Waals surface area contributed by atoms with E-state index < -0.39 is 5.97 Å². The average molecular weight is 318 g/mol. The van der Waals surface area contributed by atoms with Gasteiger partial charge in [-0.25, -0.2) is 4.79 Å². The number of esters is 1. The summed E-state index contributed by atoms with van der Waals surface area (Å²) in [6.45, 7) is 3.01. The van der Waals surface area contributed by atoms with Crippen molar-refractivity contribution in [2.45, 2.75) is 6.92 Å². The fourth-order valence-corrected chi connectivity index (χ4v) is 1.88.